The Bertz CT molecular complexity index is 1520. The van der Waals surface area contributed by atoms with Crippen LogP contribution in [-0.2, 0) is 0 Å². The summed E-state index contributed by atoms with van der Waals surface area (Å²) in [6.07, 6.45) is 9.95. The van der Waals surface area contributed by atoms with Gasteiger partial charge in [0, 0.05) is 22.7 Å². The third-order valence-electron chi connectivity index (χ3n) is 10.9. The first-order chi connectivity index (χ1) is 22.5. The first-order valence-electron chi connectivity index (χ1n) is 17.7. The number of nitrogens with zero attached hydrogens (tertiary/aromatic N) is 4. The summed E-state index contributed by atoms with van der Waals surface area (Å²) < 4.78 is 0. The minimum absolute atomic E-state index is 0.417. The van der Waals surface area contributed by atoms with Crippen molar-refractivity contribution in [3.05, 3.63) is 131 Å². The minimum atomic E-state index is 0.417. The van der Waals surface area contributed by atoms with Crippen molar-refractivity contribution in [1.29, 1.82) is 0 Å². The van der Waals surface area contributed by atoms with Crippen LogP contribution >= 0.6 is 0 Å². The van der Waals surface area contributed by atoms with Gasteiger partial charge in [-0.3, -0.25) is 0 Å². The van der Waals surface area contributed by atoms with Crippen LogP contribution in [0.25, 0.3) is 0 Å². The van der Waals surface area contributed by atoms with Gasteiger partial charge in [-0.25, -0.2) is 0 Å². The van der Waals surface area contributed by atoms with Crippen LogP contribution in [-0.4, -0.2) is 24.2 Å². The topological polar surface area (TPSA) is 13.0 Å². The molecule has 4 atom stereocenters. The third kappa shape index (κ3) is 4.98. The lowest BCUT2D eigenvalue weighted by molar-refractivity contribution is 0.409. The van der Waals surface area contributed by atoms with Crippen molar-refractivity contribution in [2.75, 3.05) is 19.6 Å². The van der Waals surface area contributed by atoms with Gasteiger partial charge in [0.25, 0.3) is 0 Å². The Labute approximate surface area is 275 Å². The van der Waals surface area contributed by atoms with Crippen molar-refractivity contribution in [3.63, 3.8) is 0 Å². The summed E-state index contributed by atoms with van der Waals surface area (Å²) in [6, 6.07) is 38.8. The van der Waals surface area contributed by atoms with Gasteiger partial charge in [0.2, 0.25) is 0 Å². The van der Waals surface area contributed by atoms with Crippen molar-refractivity contribution >= 4 is 22.7 Å². The molecule has 4 aromatic rings. The zero-order chi connectivity index (χ0) is 31.4. The summed E-state index contributed by atoms with van der Waals surface area (Å²) in [7, 11) is 0. The lowest BCUT2D eigenvalue weighted by Crippen LogP contribution is -2.40. The lowest BCUT2D eigenvalue weighted by Gasteiger charge is -2.36. The van der Waals surface area contributed by atoms with Gasteiger partial charge < -0.3 is 19.6 Å². The molecule has 0 N–H and O–H groups in total. The highest BCUT2D eigenvalue weighted by Gasteiger charge is 2.53. The zero-order valence-electron chi connectivity index (χ0n) is 28.0. The number of anilines is 4. The van der Waals surface area contributed by atoms with Crippen molar-refractivity contribution < 1.29 is 0 Å². The Morgan fingerprint density at radius 3 is 0.826 bits per heavy atom. The van der Waals surface area contributed by atoms with E-state index in [9.17, 15) is 0 Å². The second kappa shape index (κ2) is 11.9. The molecule has 46 heavy (non-hydrogen) atoms. The molecule has 8 rings (SSSR count). The quantitative estimate of drug-likeness (QED) is 0.229. The average Bonchev–Trinajstić information content (AvgIpc) is 3.58. The second-order valence-corrected chi connectivity index (χ2v) is 14.3. The van der Waals surface area contributed by atoms with E-state index in [0.29, 0.717) is 24.2 Å². The van der Waals surface area contributed by atoms with Crippen LogP contribution in [0.15, 0.2) is 109 Å². The monoisotopic (exact) mass is 608 g/mol. The van der Waals surface area contributed by atoms with Crippen molar-refractivity contribution in [2.45, 2.75) is 103 Å². The highest BCUT2D eigenvalue weighted by molar-refractivity contribution is 5.77. The third-order valence-corrected chi connectivity index (χ3v) is 10.9. The van der Waals surface area contributed by atoms with Crippen LogP contribution in [0.2, 0.25) is 0 Å². The summed E-state index contributed by atoms with van der Waals surface area (Å²) in [4.78, 5) is 11.1. The van der Waals surface area contributed by atoms with Gasteiger partial charge in [0.1, 0.15) is 0 Å². The zero-order valence-corrected chi connectivity index (χ0v) is 28.0. The largest absolute Gasteiger partial charge is 0.320 e. The molecule has 4 aromatic carbocycles. The minimum Gasteiger partial charge on any atom is -0.320 e. The molecule has 4 unspecified atom stereocenters. The van der Waals surface area contributed by atoms with E-state index >= 15 is 0 Å². The van der Waals surface area contributed by atoms with Crippen LogP contribution in [0.1, 0.15) is 73.6 Å². The van der Waals surface area contributed by atoms with E-state index in [0.717, 1.165) is 0 Å². The Hall–Kier alpha value is -4.18. The fourth-order valence-corrected chi connectivity index (χ4v) is 9.05. The molecule has 236 valence electrons. The molecule has 0 bridgehead atoms. The SMILES string of the molecule is Cc1cccc(N2C(=C3N(c4cccc(C)c4)C4CCCCC4N3c3cccc(C)c3)N(c3cccc(C)c3)C3CCCCC32)c1. The van der Waals surface area contributed by atoms with Crippen LogP contribution < -0.4 is 19.6 Å². The van der Waals surface area contributed by atoms with Crippen molar-refractivity contribution in [3.8, 4) is 0 Å². The molecule has 0 spiro atoms. The first kappa shape index (κ1) is 29.2. The average molecular weight is 609 g/mol. The fourth-order valence-electron chi connectivity index (χ4n) is 9.05. The maximum absolute atomic E-state index is 2.78. The first-order valence-corrected chi connectivity index (χ1v) is 17.7. The number of hydrogen-bond donors (Lipinski definition) is 0. The predicted octanol–water partition coefficient (Wildman–Crippen LogP) is 10.0. The number of rotatable bonds is 4. The summed E-state index contributed by atoms with van der Waals surface area (Å²) >= 11 is 0. The molecular weight excluding hydrogens is 560 g/mol. The van der Waals surface area contributed by atoms with E-state index in [2.05, 4.69) is 144 Å². The van der Waals surface area contributed by atoms with Crippen molar-refractivity contribution in [1.82, 2.24) is 0 Å². The Balaban J connectivity index is 1.48. The summed E-state index contributed by atoms with van der Waals surface area (Å²) in [5, 5.41) is 0. The molecule has 0 aromatic heterocycles. The highest BCUT2D eigenvalue weighted by atomic mass is 15.5. The maximum Gasteiger partial charge on any atom is 0.156 e. The van der Waals surface area contributed by atoms with Crippen LogP contribution in [0.5, 0.6) is 0 Å². The van der Waals surface area contributed by atoms with E-state index in [1.807, 2.05) is 0 Å². The number of benzene rings is 4. The Morgan fingerprint density at radius 2 is 0.609 bits per heavy atom. The fraction of sp³-hybridized carbons (Fsp3) is 0.381. The predicted molar refractivity (Wildman–Crippen MR) is 194 cm³/mol. The van der Waals surface area contributed by atoms with Gasteiger partial charge in [0.15, 0.2) is 11.6 Å². The number of hydrogen-bond acceptors (Lipinski definition) is 4. The van der Waals surface area contributed by atoms with E-state index in [4.69, 9.17) is 0 Å². The van der Waals surface area contributed by atoms with Crippen LogP contribution in [0.4, 0.5) is 22.7 Å². The van der Waals surface area contributed by atoms with E-state index in [1.54, 1.807) is 0 Å². The smallest absolute Gasteiger partial charge is 0.156 e. The molecule has 4 aliphatic rings. The van der Waals surface area contributed by atoms with Crippen LogP contribution in [0.3, 0.4) is 0 Å². The molecule has 2 aliphatic carbocycles. The lowest BCUT2D eigenvalue weighted by atomic mass is 9.89. The molecule has 0 radical (unpaired) electrons. The highest BCUT2D eigenvalue weighted by Crippen LogP contribution is 2.51. The number of fused-ring (bicyclic) bond motifs is 2. The Morgan fingerprint density at radius 1 is 0.370 bits per heavy atom. The second-order valence-electron chi connectivity index (χ2n) is 14.3. The molecule has 4 fully saturated rings. The van der Waals surface area contributed by atoms with Gasteiger partial charge in [0.05, 0.1) is 24.2 Å². The normalized spacial score (nSPS) is 24.4. The van der Waals surface area contributed by atoms with E-state index in [-0.39, 0.29) is 0 Å². The summed E-state index contributed by atoms with van der Waals surface area (Å²) in [5.41, 5.74) is 10.5. The summed E-state index contributed by atoms with van der Waals surface area (Å²) in [6.45, 7) is 8.97. The molecule has 0 amide bonds. The van der Waals surface area contributed by atoms with Crippen LogP contribution in [0, 0.1) is 27.7 Å². The molecule has 4 heteroatoms. The molecular formula is C42H48N4. The van der Waals surface area contributed by atoms with Crippen molar-refractivity contribution in [2.24, 2.45) is 0 Å². The molecule has 2 aliphatic heterocycles. The van der Waals surface area contributed by atoms with E-state index in [1.165, 1.54) is 108 Å². The van der Waals surface area contributed by atoms with Gasteiger partial charge in [-0.1, -0.05) is 74.2 Å². The van der Waals surface area contributed by atoms with Gasteiger partial charge in [-0.05, 0) is 124 Å². The van der Waals surface area contributed by atoms with E-state index < -0.39 is 0 Å². The summed E-state index contributed by atoms with van der Waals surface area (Å²) in [5.74, 6) is 2.70. The Kier molecular flexibility index (Phi) is 7.55. The van der Waals surface area contributed by atoms with Gasteiger partial charge in [-0.15, -0.1) is 0 Å². The molecule has 2 heterocycles. The number of aryl methyl sites for hydroxylation is 4. The molecule has 2 saturated carbocycles. The molecule has 2 saturated heterocycles. The van der Waals surface area contributed by atoms with Gasteiger partial charge in [-0.2, -0.15) is 0 Å². The molecule has 4 nitrogen and oxygen atoms in total. The van der Waals surface area contributed by atoms with Gasteiger partial charge >= 0.3 is 0 Å². The maximum atomic E-state index is 2.78. The standard InChI is InChI=1S/C42H48N4/c1-29-13-9-17-33(25-29)43-37-21-5-6-22-38(37)44(34-18-10-14-30(2)26-34)41(43)42-45(35-19-11-15-31(3)27-35)39-23-7-8-24-40(39)46(42)36-20-12-16-32(4)28-36/h9-20,25-28,37-40H,5-8,21-24H2,1-4H3.